The third-order valence-electron chi connectivity index (χ3n) is 3.32. The Bertz CT molecular complexity index is 567. The lowest BCUT2D eigenvalue weighted by Gasteiger charge is -2.18. The van der Waals surface area contributed by atoms with Crippen LogP contribution in [0.2, 0.25) is 0 Å². The van der Waals surface area contributed by atoms with E-state index in [-0.39, 0.29) is 6.10 Å². The topological polar surface area (TPSA) is 34.1 Å². The Morgan fingerprint density at radius 1 is 1.05 bits per heavy atom. The lowest BCUT2D eigenvalue weighted by Crippen LogP contribution is -2.23. The first-order chi connectivity index (χ1) is 10.1. The maximum Gasteiger partial charge on any atom is 0.143 e. The molecule has 3 nitrogen and oxygen atoms in total. The van der Waals surface area contributed by atoms with Crippen LogP contribution in [0.1, 0.15) is 43.8 Å². The molecule has 0 fully saturated rings. The first kappa shape index (κ1) is 15.5. The Hall–Kier alpha value is -1.87. The number of hydrogen-bond acceptors (Lipinski definition) is 3. The minimum Gasteiger partial charge on any atom is -0.484 e. The Morgan fingerprint density at radius 3 is 2.43 bits per heavy atom. The van der Waals surface area contributed by atoms with Gasteiger partial charge in [0.1, 0.15) is 11.9 Å². The van der Waals surface area contributed by atoms with Gasteiger partial charge < -0.3 is 10.1 Å². The van der Waals surface area contributed by atoms with Crippen molar-refractivity contribution in [3.63, 3.8) is 0 Å². The first-order valence-electron chi connectivity index (χ1n) is 7.47. The van der Waals surface area contributed by atoms with Crippen LogP contribution in [0.5, 0.6) is 5.75 Å². The zero-order valence-electron chi connectivity index (χ0n) is 13.3. The Balaban J connectivity index is 2.15. The summed E-state index contributed by atoms with van der Waals surface area (Å²) < 4.78 is 6.12. The molecule has 0 bridgehead atoms. The van der Waals surface area contributed by atoms with Gasteiger partial charge in [0.2, 0.25) is 0 Å². The number of benzene rings is 1. The van der Waals surface area contributed by atoms with E-state index in [0.29, 0.717) is 6.04 Å². The highest BCUT2D eigenvalue weighted by atomic mass is 16.5. The molecule has 0 aliphatic carbocycles. The monoisotopic (exact) mass is 284 g/mol. The summed E-state index contributed by atoms with van der Waals surface area (Å²) in [5.74, 6) is 0.852. The highest BCUT2D eigenvalue weighted by Crippen LogP contribution is 2.24. The summed E-state index contributed by atoms with van der Waals surface area (Å²) in [5, 5.41) is 3.40. The second-order valence-corrected chi connectivity index (χ2v) is 5.60. The van der Waals surface area contributed by atoms with Crippen LogP contribution in [0.4, 0.5) is 0 Å². The van der Waals surface area contributed by atoms with Crippen LogP contribution in [0.3, 0.4) is 0 Å². The van der Waals surface area contributed by atoms with Crippen molar-refractivity contribution in [1.82, 2.24) is 10.3 Å². The third kappa shape index (κ3) is 4.57. The summed E-state index contributed by atoms with van der Waals surface area (Å²) in [5.41, 5.74) is 3.14. The quantitative estimate of drug-likeness (QED) is 0.869. The van der Waals surface area contributed by atoms with Crippen molar-refractivity contribution in [2.45, 2.75) is 46.4 Å². The van der Waals surface area contributed by atoms with Gasteiger partial charge in [-0.05, 0) is 31.5 Å². The average molecular weight is 284 g/mol. The van der Waals surface area contributed by atoms with Crippen molar-refractivity contribution in [2.24, 2.45) is 0 Å². The molecule has 1 N–H and O–H groups in total. The summed E-state index contributed by atoms with van der Waals surface area (Å²) in [6.07, 6.45) is 0.00788. The average Bonchev–Trinajstić information content (AvgIpc) is 2.48. The Kier molecular flexibility index (Phi) is 5.34. The zero-order chi connectivity index (χ0) is 15.2. The SMILES string of the molecule is Cc1ccc(OC(C)c2ccccc2)c(CNC(C)C)n1. The van der Waals surface area contributed by atoms with Gasteiger partial charge in [0.05, 0.1) is 5.69 Å². The van der Waals surface area contributed by atoms with Crippen LogP contribution in [-0.4, -0.2) is 11.0 Å². The third-order valence-corrected chi connectivity index (χ3v) is 3.32. The second kappa shape index (κ2) is 7.23. The van der Waals surface area contributed by atoms with Crippen molar-refractivity contribution in [2.75, 3.05) is 0 Å². The van der Waals surface area contributed by atoms with Crippen molar-refractivity contribution in [3.8, 4) is 5.75 Å². The highest BCUT2D eigenvalue weighted by molar-refractivity contribution is 5.30. The Labute approximate surface area is 127 Å². The molecule has 3 heteroatoms. The van der Waals surface area contributed by atoms with Crippen molar-refractivity contribution in [1.29, 1.82) is 0 Å². The molecule has 0 saturated heterocycles. The van der Waals surface area contributed by atoms with Crippen LogP contribution in [0.25, 0.3) is 0 Å². The van der Waals surface area contributed by atoms with Gasteiger partial charge in [-0.3, -0.25) is 4.98 Å². The van der Waals surface area contributed by atoms with Gasteiger partial charge in [0.25, 0.3) is 0 Å². The van der Waals surface area contributed by atoms with Gasteiger partial charge in [0, 0.05) is 18.3 Å². The molecule has 0 aliphatic heterocycles. The molecule has 0 saturated carbocycles. The summed E-state index contributed by atoms with van der Waals surface area (Å²) in [6.45, 7) is 9.04. The number of ether oxygens (including phenoxy) is 1. The predicted octanol–water partition coefficient (Wildman–Crippen LogP) is 4.03. The Morgan fingerprint density at radius 2 is 1.76 bits per heavy atom. The van der Waals surface area contributed by atoms with Crippen molar-refractivity contribution < 1.29 is 4.74 Å². The van der Waals surface area contributed by atoms with E-state index in [1.165, 1.54) is 5.56 Å². The molecule has 0 spiro atoms. The summed E-state index contributed by atoms with van der Waals surface area (Å²) >= 11 is 0. The van der Waals surface area contributed by atoms with E-state index in [9.17, 15) is 0 Å². The molecule has 0 amide bonds. The molecule has 1 unspecified atom stereocenters. The van der Waals surface area contributed by atoms with E-state index in [2.05, 4.69) is 43.2 Å². The number of nitrogens with one attached hydrogen (secondary N) is 1. The van der Waals surface area contributed by atoms with Crippen molar-refractivity contribution in [3.05, 3.63) is 59.4 Å². The van der Waals surface area contributed by atoms with Crippen LogP contribution in [0, 0.1) is 6.92 Å². The molecular formula is C18H24N2O. The molecule has 1 heterocycles. The van der Waals surface area contributed by atoms with E-state index in [0.717, 1.165) is 23.7 Å². The maximum absolute atomic E-state index is 6.12. The van der Waals surface area contributed by atoms with Crippen LogP contribution >= 0.6 is 0 Å². The number of hydrogen-bond donors (Lipinski definition) is 1. The van der Waals surface area contributed by atoms with E-state index >= 15 is 0 Å². The molecule has 0 aliphatic rings. The molecule has 2 rings (SSSR count). The van der Waals surface area contributed by atoms with Gasteiger partial charge in [-0.15, -0.1) is 0 Å². The molecule has 21 heavy (non-hydrogen) atoms. The molecule has 1 aromatic heterocycles. The maximum atomic E-state index is 6.12. The van der Waals surface area contributed by atoms with Gasteiger partial charge in [-0.25, -0.2) is 0 Å². The molecule has 0 radical (unpaired) electrons. The van der Waals surface area contributed by atoms with E-state index in [4.69, 9.17) is 4.74 Å². The minimum absolute atomic E-state index is 0.00788. The predicted molar refractivity (Wildman–Crippen MR) is 86.4 cm³/mol. The fourth-order valence-electron chi connectivity index (χ4n) is 2.12. The first-order valence-corrected chi connectivity index (χ1v) is 7.47. The van der Waals surface area contributed by atoms with Gasteiger partial charge >= 0.3 is 0 Å². The largest absolute Gasteiger partial charge is 0.484 e. The molecule has 1 atom stereocenters. The van der Waals surface area contributed by atoms with E-state index in [1.807, 2.05) is 37.3 Å². The van der Waals surface area contributed by atoms with E-state index in [1.54, 1.807) is 0 Å². The number of pyridine rings is 1. The van der Waals surface area contributed by atoms with Crippen LogP contribution in [-0.2, 0) is 6.54 Å². The zero-order valence-corrected chi connectivity index (χ0v) is 13.3. The molecular weight excluding hydrogens is 260 g/mol. The summed E-state index contributed by atoms with van der Waals surface area (Å²) in [4.78, 5) is 4.60. The smallest absolute Gasteiger partial charge is 0.143 e. The molecule has 2 aromatic rings. The fourth-order valence-corrected chi connectivity index (χ4v) is 2.12. The minimum atomic E-state index is 0.00788. The summed E-state index contributed by atoms with van der Waals surface area (Å²) in [7, 11) is 0. The lowest BCUT2D eigenvalue weighted by atomic mass is 10.1. The normalized spacial score (nSPS) is 12.4. The number of nitrogens with zero attached hydrogens (tertiary/aromatic N) is 1. The number of aromatic nitrogens is 1. The van der Waals surface area contributed by atoms with Gasteiger partial charge in [0.15, 0.2) is 0 Å². The second-order valence-electron chi connectivity index (χ2n) is 5.60. The fraction of sp³-hybridized carbons (Fsp3) is 0.389. The number of aryl methyl sites for hydroxylation is 1. The standard InChI is InChI=1S/C18H24N2O/c1-13(2)19-12-17-18(11-10-14(3)20-17)21-15(4)16-8-6-5-7-9-16/h5-11,13,15,19H,12H2,1-4H3. The van der Waals surface area contributed by atoms with Crippen LogP contribution in [0.15, 0.2) is 42.5 Å². The summed E-state index contributed by atoms with van der Waals surface area (Å²) in [6, 6.07) is 14.7. The highest BCUT2D eigenvalue weighted by Gasteiger charge is 2.12. The van der Waals surface area contributed by atoms with Crippen molar-refractivity contribution >= 4 is 0 Å². The van der Waals surface area contributed by atoms with Gasteiger partial charge in [-0.1, -0.05) is 44.2 Å². The molecule has 112 valence electrons. The lowest BCUT2D eigenvalue weighted by molar-refractivity contribution is 0.222. The van der Waals surface area contributed by atoms with Gasteiger partial charge in [-0.2, -0.15) is 0 Å². The van der Waals surface area contributed by atoms with E-state index < -0.39 is 0 Å². The van der Waals surface area contributed by atoms with Crippen LogP contribution < -0.4 is 10.1 Å². The number of rotatable bonds is 6. The molecule has 1 aromatic carbocycles.